The second-order valence-corrected chi connectivity index (χ2v) is 6.69. The van der Waals surface area contributed by atoms with Crippen LogP contribution in [0.5, 0.6) is 0 Å². The second kappa shape index (κ2) is 6.62. The number of hydrogen-bond donors (Lipinski definition) is 2. The molecule has 2 rings (SSSR count). The smallest absolute Gasteiger partial charge is 0.356 e. The summed E-state index contributed by atoms with van der Waals surface area (Å²) in [6.45, 7) is 6.36. The number of carboxylic acids is 1. The fraction of sp³-hybridized carbons (Fsp3) is 0.278. The lowest BCUT2D eigenvalue weighted by atomic mass is 10.1. The van der Waals surface area contributed by atoms with Gasteiger partial charge in [0.15, 0.2) is 0 Å². The van der Waals surface area contributed by atoms with Crippen LogP contribution in [0.1, 0.15) is 47.2 Å². The summed E-state index contributed by atoms with van der Waals surface area (Å²) in [5.74, 6) is -2.92. The molecule has 1 aromatic carbocycles. The molecule has 0 atom stereocenters. The lowest BCUT2D eigenvalue weighted by Gasteiger charge is -2.23. The fourth-order valence-corrected chi connectivity index (χ4v) is 2.43. The van der Waals surface area contributed by atoms with Gasteiger partial charge >= 0.3 is 11.9 Å². The van der Waals surface area contributed by atoms with Crippen LogP contribution >= 0.6 is 0 Å². The van der Waals surface area contributed by atoms with Crippen molar-refractivity contribution in [2.75, 3.05) is 5.73 Å². The van der Waals surface area contributed by atoms with E-state index in [1.807, 2.05) is 0 Å². The molecular weight excluding hydrogens is 343 g/mol. The Morgan fingerprint density at radius 2 is 1.73 bits per heavy atom. The Bertz CT molecular complexity index is 940. The number of carbonyl (C=O) groups excluding carboxylic acids is 1. The molecule has 3 N–H and O–H groups in total. The quantitative estimate of drug-likeness (QED) is 0.812. The zero-order chi connectivity index (χ0) is 19.8. The Morgan fingerprint density at radius 3 is 2.19 bits per heavy atom. The van der Waals surface area contributed by atoms with E-state index in [2.05, 4.69) is 0 Å². The van der Waals surface area contributed by atoms with Crippen LogP contribution in [0.15, 0.2) is 29.1 Å². The lowest BCUT2D eigenvalue weighted by molar-refractivity contribution is 0.00578. The maximum absolute atomic E-state index is 13.2. The van der Waals surface area contributed by atoms with Crippen LogP contribution < -0.4 is 11.3 Å². The summed E-state index contributed by atoms with van der Waals surface area (Å²) in [6.07, 6.45) is 0. The third-order valence-corrected chi connectivity index (χ3v) is 3.56. The molecule has 2 aromatic rings. The molecule has 0 saturated heterocycles. The molecule has 1 aromatic heterocycles. The van der Waals surface area contributed by atoms with Crippen molar-refractivity contribution >= 4 is 17.6 Å². The Kier molecular flexibility index (Phi) is 4.88. The summed E-state index contributed by atoms with van der Waals surface area (Å²) in [5.41, 5.74) is 2.94. The molecule has 0 unspecified atom stereocenters. The molecular formula is C18H19FN2O5. The zero-order valence-electron chi connectivity index (χ0n) is 14.8. The highest BCUT2D eigenvalue weighted by Crippen LogP contribution is 2.24. The predicted molar refractivity (Wildman–Crippen MR) is 93.3 cm³/mol. The van der Waals surface area contributed by atoms with Crippen molar-refractivity contribution in [1.29, 1.82) is 0 Å². The number of carboxylic acid groups (broad SMARTS) is 1. The molecule has 0 saturated carbocycles. The van der Waals surface area contributed by atoms with E-state index in [4.69, 9.17) is 10.5 Å². The Hall–Kier alpha value is -3.16. The molecule has 0 spiro atoms. The first-order chi connectivity index (χ1) is 11.9. The number of nitrogens with zero attached hydrogens (tertiary/aromatic N) is 1. The maximum atomic E-state index is 13.2. The molecule has 0 radical (unpaired) electrons. The van der Waals surface area contributed by atoms with Gasteiger partial charge in [0, 0.05) is 11.3 Å². The predicted octanol–water partition coefficient (Wildman–Crippen LogP) is 2.52. The normalized spacial score (nSPS) is 11.3. The summed E-state index contributed by atoms with van der Waals surface area (Å²) in [4.78, 5) is 36.9. The third kappa shape index (κ3) is 3.58. The number of esters is 1. The Balaban J connectivity index is 2.89. The maximum Gasteiger partial charge on any atom is 0.356 e. The summed E-state index contributed by atoms with van der Waals surface area (Å²) in [5, 5.41) is 9.33. The number of hydrogen-bond acceptors (Lipinski definition) is 5. The van der Waals surface area contributed by atoms with Gasteiger partial charge in [0.05, 0.1) is 5.69 Å². The van der Waals surface area contributed by atoms with Crippen molar-refractivity contribution in [2.45, 2.75) is 33.3 Å². The summed E-state index contributed by atoms with van der Waals surface area (Å²) in [7, 11) is 0. The first kappa shape index (κ1) is 19.2. The van der Waals surface area contributed by atoms with E-state index >= 15 is 0 Å². The molecule has 0 aliphatic carbocycles. The van der Waals surface area contributed by atoms with Crippen LogP contribution in [-0.4, -0.2) is 27.2 Å². The summed E-state index contributed by atoms with van der Waals surface area (Å²) < 4.78 is 19.4. The first-order valence-electron chi connectivity index (χ1n) is 7.71. The molecule has 1 heterocycles. The van der Waals surface area contributed by atoms with Gasteiger partial charge in [-0.25, -0.2) is 14.0 Å². The van der Waals surface area contributed by atoms with Crippen LogP contribution in [0.2, 0.25) is 0 Å². The topological polar surface area (TPSA) is 112 Å². The lowest BCUT2D eigenvalue weighted by Crippen LogP contribution is -2.35. The second-order valence-electron chi connectivity index (χ2n) is 6.69. The number of anilines is 1. The van der Waals surface area contributed by atoms with Gasteiger partial charge in [-0.3, -0.25) is 9.36 Å². The van der Waals surface area contributed by atoms with Gasteiger partial charge in [0.2, 0.25) is 0 Å². The number of nitrogen functional groups attached to an aromatic ring is 1. The number of benzene rings is 1. The number of halogens is 1. The Morgan fingerprint density at radius 1 is 1.19 bits per heavy atom. The van der Waals surface area contributed by atoms with Gasteiger partial charge in [-0.05, 0) is 52.0 Å². The van der Waals surface area contributed by atoms with E-state index in [0.29, 0.717) is 0 Å². The van der Waals surface area contributed by atoms with Gasteiger partial charge in [0.1, 0.15) is 22.7 Å². The zero-order valence-corrected chi connectivity index (χ0v) is 14.8. The van der Waals surface area contributed by atoms with Crippen LogP contribution in [0.25, 0.3) is 5.69 Å². The van der Waals surface area contributed by atoms with Gasteiger partial charge in [-0.15, -0.1) is 0 Å². The SMILES string of the molecule is Cc1c(N)c(C(=O)O)c(=O)n(-c2ccc(F)cc2)c1C(=O)OC(C)(C)C. The van der Waals surface area contributed by atoms with Crippen LogP contribution in [-0.2, 0) is 4.74 Å². The number of aromatic nitrogens is 1. The van der Waals surface area contributed by atoms with Crippen molar-refractivity contribution in [3.63, 3.8) is 0 Å². The van der Waals surface area contributed by atoms with Crippen LogP contribution in [0.4, 0.5) is 10.1 Å². The fourth-order valence-electron chi connectivity index (χ4n) is 2.43. The van der Waals surface area contributed by atoms with Crippen molar-refractivity contribution in [3.8, 4) is 5.69 Å². The van der Waals surface area contributed by atoms with Crippen molar-refractivity contribution in [2.24, 2.45) is 0 Å². The number of rotatable bonds is 3. The molecule has 7 nitrogen and oxygen atoms in total. The van der Waals surface area contributed by atoms with E-state index in [-0.39, 0.29) is 22.6 Å². The molecule has 0 fully saturated rings. The minimum absolute atomic E-state index is 0.0839. The van der Waals surface area contributed by atoms with Crippen molar-refractivity contribution < 1.29 is 23.8 Å². The highest BCUT2D eigenvalue weighted by atomic mass is 19.1. The molecule has 0 bridgehead atoms. The monoisotopic (exact) mass is 362 g/mol. The Labute approximate surface area is 148 Å². The number of nitrogens with two attached hydrogens (primary N) is 1. The average Bonchev–Trinajstić information content (AvgIpc) is 2.49. The number of aromatic carboxylic acids is 1. The summed E-state index contributed by atoms with van der Waals surface area (Å²) >= 11 is 0. The van der Waals surface area contributed by atoms with Gasteiger partial charge in [0.25, 0.3) is 5.56 Å². The van der Waals surface area contributed by atoms with Gasteiger partial charge in [-0.1, -0.05) is 0 Å². The summed E-state index contributed by atoms with van der Waals surface area (Å²) in [6, 6.07) is 4.69. The van der Waals surface area contributed by atoms with Gasteiger partial charge in [-0.2, -0.15) is 0 Å². The molecule has 0 amide bonds. The minimum Gasteiger partial charge on any atom is -0.477 e. The standard InChI is InChI=1S/C18H19FN2O5/c1-9-13(20)12(16(23)24)15(22)21(11-7-5-10(19)6-8-11)14(9)17(25)26-18(2,3)4/h5-8H,20H2,1-4H3,(H,23,24). The largest absolute Gasteiger partial charge is 0.477 e. The van der Waals surface area contributed by atoms with Crippen LogP contribution in [0, 0.1) is 12.7 Å². The highest BCUT2D eigenvalue weighted by molar-refractivity contribution is 5.98. The molecule has 8 heteroatoms. The number of ether oxygens (including phenoxy) is 1. The van der Waals surface area contributed by atoms with Crippen LogP contribution in [0.3, 0.4) is 0 Å². The first-order valence-corrected chi connectivity index (χ1v) is 7.71. The van der Waals surface area contributed by atoms with Crippen molar-refractivity contribution in [1.82, 2.24) is 4.57 Å². The molecule has 138 valence electrons. The van der Waals surface area contributed by atoms with E-state index in [9.17, 15) is 23.9 Å². The minimum atomic E-state index is -1.53. The number of carbonyl (C=O) groups is 2. The van der Waals surface area contributed by atoms with Gasteiger partial charge < -0.3 is 15.6 Å². The third-order valence-electron chi connectivity index (χ3n) is 3.56. The van der Waals surface area contributed by atoms with E-state index in [1.54, 1.807) is 20.8 Å². The molecule has 0 aliphatic heterocycles. The molecule has 26 heavy (non-hydrogen) atoms. The van der Waals surface area contributed by atoms with E-state index in [1.165, 1.54) is 19.1 Å². The number of pyridine rings is 1. The average molecular weight is 362 g/mol. The highest BCUT2D eigenvalue weighted by Gasteiger charge is 2.29. The van der Waals surface area contributed by atoms with Crippen molar-refractivity contribution in [3.05, 3.63) is 57.3 Å². The van der Waals surface area contributed by atoms with E-state index in [0.717, 1.165) is 16.7 Å². The molecule has 0 aliphatic rings. The van der Waals surface area contributed by atoms with E-state index < -0.39 is 34.5 Å².